The van der Waals surface area contributed by atoms with Gasteiger partial charge in [-0.3, -0.25) is 14.5 Å². The molecule has 0 spiro atoms. The molecule has 1 heterocycles. The number of nitrogens with zero attached hydrogens (tertiary/aromatic N) is 1. The molecule has 2 aromatic carbocycles. The molecule has 0 bridgehead atoms. The number of ether oxygens (including phenoxy) is 1. The first kappa shape index (κ1) is 21.7. The van der Waals surface area contributed by atoms with Crippen molar-refractivity contribution in [1.29, 1.82) is 0 Å². The van der Waals surface area contributed by atoms with Crippen LogP contribution in [0.3, 0.4) is 0 Å². The van der Waals surface area contributed by atoms with E-state index in [0.717, 1.165) is 11.1 Å². The molecule has 1 saturated heterocycles. The van der Waals surface area contributed by atoms with E-state index in [4.69, 9.17) is 4.74 Å². The van der Waals surface area contributed by atoms with E-state index in [2.05, 4.69) is 15.5 Å². The Kier molecular flexibility index (Phi) is 7.76. The van der Waals surface area contributed by atoms with Crippen molar-refractivity contribution in [3.8, 4) is 0 Å². The van der Waals surface area contributed by atoms with Crippen LogP contribution in [0.2, 0.25) is 0 Å². The maximum Gasteiger partial charge on any atom is 0.244 e. The Morgan fingerprint density at radius 2 is 1.63 bits per heavy atom. The Balaban J connectivity index is 1.62. The highest BCUT2D eigenvalue weighted by atomic mass is 16.5. The standard InChI is InChI=1S/C24H29N3O3/c1-24(27-14-16-30-17-15-27,13-12-20-8-4-2-5-9-20)23(29)26-19-22(28)25-18-21-10-6-3-7-11-21/h2-13H,14-19H2,1H3,(H,25,28)(H,26,29)/b13-12+. The van der Waals surface area contributed by atoms with Crippen LogP contribution < -0.4 is 10.6 Å². The minimum Gasteiger partial charge on any atom is -0.379 e. The summed E-state index contributed by atoms with van der Waals surface area (Å²) in [4.78, 5) is 27.5. The predicted molar refractivity (Wildman–Crippen MR) is 118 cm³/mol. The summed E-state index contributed by atoms with van der Waals surface area (Å²) in [5.74, 6) is -0.421. The summed E-state index contributed by atoms with van der Waals surface area (Å²) in [5.41, 5.74) is 1.16. The molecule has 2 amide bonds. The van der Waals surface area contributed by atoms with Crippen molar-refractivity contribution in [1.82, 2.24) is 15.5 Å². The van der Waals surface area contributed by atoms with Gasteiger partial charge in [0.2, 0.25) is 11.8 Å². The first-order valence-corrected chi connectivity index (χ1v) is 10.2. The molecule has 2 aromatic rings. The number of hydrogen-bond acceptors (Lipinski definition) is 4. The van der Waals surface area contributed by atoms with Crippen LogP contribution in [0.15, 0.2) is 66.7 Å². The van der Waals surface area contributed by atoms with Crippen molar-refractivity contribution in [2.24, 2.45) is 0 Å². The molecule has 2 N–H and O–H groups in total. The van der Waals surface area contributed by atoms with Gasteiger partial charge in [-0.25, -0.2) is 0 Å². The van der Waals surface area contributed by atoms with Gasteiger partial charge in [0.1, 0.15) is 5.54 Å². The molecule has 1 fully saturated rings. The van der Waals surface area contributed by atoms with E-state index in [1.807, 2.05) is 79.7 Å². The molecule has 6 nitrogen and oxygen atoms in total. The number of carbonyl (C=O) groups is 2. The molecule has 0 aliphatic carbocycles. The Morgan fingerprint density at radius 1 is 1.00 bits per heavy atom. The fraction of sp³-hybridized carbons (Fsp3) is 0.333. The summed E-state index contributed by atoms with van der Waals surface area (Å²) in [7, 11) is 0. The second kappa shape index (κ2) is 10.7. The summed E-state index contributed by atoms with van der Waals surface area (Å²) < 4.78 is 5.45. The van der Waals surface area contributed by atoms with Crippen molar-refractivity contribution < 1.29 is 14.3 Å². The fourth-order valence-electron chi connectivity index (χ4n) is 3.37. The van der Waals surface area contributed by atoms with Gasteiger partial charge in [0.05, 0.1) is 19.8 Å². The molecule has 1 unspecified atom stereocenters. The average Bonchev–Trinajstić information content (AvgIpc) is 2.81. The lowest BCUT2D eigenvalue weighted by atomic mass is 9.95. The minimum atomic E-state index is -0.876. The second-order valence-corrected chi connectivity index (χ2v) is 7.44. The molecule has 6 heteroatoms. The van der Waals surface area contributed by atoms with E-state index in [9.17, 15) is 9.59 Å². The van der Waals surface area contributed by atoms with Gasteiger partial charge in [0.25, 0.3) is 0 Å². The number of benzene rings is 2. The molecule has 3 rings (SSSR count). The maximum atomic E-state index is 13.1. The lowest BCUT2D eigenvalue weighted by Crippen LogP contribution is -2.59. The van der Waals surface area contributed by atoms with E-state index in [-0.39, 0.29) is 18.4 Å². The first-order chi connectivity index (χ1) is 14.6. The summed E-state index contributed by atoms with van der Waals surface area (Å²) in [5, 5.41) is 5.65. The van der Waals surface area contributed by atoms with Crippen molar-refractivity contribution in [3.63, 3.8) is 0 Å². The Bertz CT molecular complexity index is 849. The van der Waals surface area contributed by atoms with Crippen molar-refractivity contribution in [3.05, 3.63) is 77.9 Å². The van der Waals surface area contributed by atoms with Gasteiger partial charge < -0.3 is 15.4 Å². The smallest absolute Gasteiger partial charge is 0.244 e. The molecule has 0 saturated carbocycles. The molecule has 158 valence electrons. The van der Waals surface area contributed by atoms with Gasteiger partial charge in [-0.15, -0.1) is 0 Å². The van der Waals surface area contributed by atoms with E-state index in [1.165, 1.54) is 0 Å². The number of amides is 2. The zero-order chi connectivity index (χ0) is 21.2. The molecule has 1 aliphatic rings. The highest BCUT2D eigenvalue weighted by Crippen LogP contribution is 2.21. The van der Waals surface area contributed by atoms with Gasteiger partial charge in [-0.1, -0.05) is 72.8 Å². The van der Waals surface area contributed by atoms with Crippen LogP contribution in [-0.4, -0.2) is 55.1 Å². The van der Waals surface area contributed by atoms with Crippen molar-refractivity contribution in [2.75, 3.05) is 32.8 Å². The lowest BCUT2D eigenvalue weighted by molar-refractivity contribution is -0.134. The molecule has 0 radical (unpaired) electrons. The van der Waals surface area contributed by atoms with Crippen LogP contribution in [0.4, 0.5) is 0 Å². The molecular weight excluding hydrogens is 378 g/mol. The van der Waals surface area contributed by atoms with Crippen LogP contribution in [0.5, 0.6) is 0 Å². The number of nitrogens with one attached hydrogen (secondary N) is 2. The van der Waals surface area contributed by atoms with E-state index in [0.29, 0.717) is 32.8 Å². The Morgan fingerprint density at radius 3 is 2.30 bits per heavy atom. The van der Waals surface area contributed by atoms with Crippen LogP contribution in [-0.2, 0) is 20.9 Å². The summed E-state index contributed by atoms with van der Waals surface area (Å²) in [6, 6.07) is 19.5. The third kappa shape index (κ3) is 6.02. The molecule has 30 heavy (non-hydrogen) atoms. The zero-order valence-electron chi connectivity index (χ0n) is 17.3. The number of hydrogen-bond donors (Lipinski definition) is 2. The lowest BCUT2D eigenvalue weighted by Gasteiger charge is -2.40. The van der Waals surface area contributed by atoms with Gasteiger partial charge in [0.15, 0.2) is 0 Å². The molecule has 1 atom stereocenters. The van der Waals surface area contributed by atoms with Gasteiger partial charge in [-0.2, -0.15) is 0 Å². The van der Waals surface area contributed by atoms with E-state index in [1.54, 1.807) is 0 Å². The third-order valence-corrected chi connectivity index (χ3v) is 5.27. The minimum absolute atomic E-state index is 0.0647. The Labute approximate surface area is 177 Å². The SMILES string of the molecule is CC(/C=C/c1ccccc1)(C(=O)NCC(=O)NCc1ccccc1)N1CCOCC1. The largest absolute Gasteiger partial charge is 0.379 e. The van der Waals surface area contributed by atoms with Crippen LogP contribution in [0, 0.1) is 0 Å². The fourth-order valence-corrected chi connectivity index (χ4v) is 3.37. The normalized spacial score (nSPS) is 16.7. The predicted octanol–water partition coefficient (Wildman–Crippen LogP) is 2.22. The highest BCUT2D eigenvalue weighted by molar-refractivity contribution is 5.92. The first-order valence-electron chi connectivity index (χ1n) is 10.2. The molecule has 0 aromatic heterocycles. The highest BCUT2D eigenvalue weighted by Gasteiger charge is 2.37. The van der Waals surface area contributed by atoms with E-state index < -0.39 is 5.54 Å². The molecular formula is C24H29N3O3. The van der Waals surface area contributed by atoms with Crippen molar-refractivity contribution >= 4 is 17.9 Å². The van der Waals surface area contributed by atoms with Crippen LogP contribution in [0.1, 0.15) is 18.1 Å². The Hall–Kier alpha value is -2.96. The second-order valence-electron chi connectivity index (χ2n) is 7.44. The number of carbonyl (C=O) groups excluding carboxylic acids is 2. The molecule has 1 aliphatic heterocycles. The van der Waals surface area contributed by atoms with Crippen molar-refractivity contribution in [2.45, 2.75) is 19.0 Å². The summed E-state index contributed by atoms with van der Waals surface area (Å²) >= 11 is 0. The topological polar surface area (TPSA) is 70.7 Å². The van der Waals surface area contributed by atoms with Crippen LogP contribution in [0.25, 0.3) is 6.08 Å². The summed E-state index contributed by atoms with van der Waals surface area (Å²) in [6.07, 6.45) is 3.86. The van der Waals surface area contributed by atoms with E-state index >= 15 is 0 Å². The third-order valence-electron chi connectivity index (χ3n) is 5.27. The monoisotopic (exact) mass is 407 g/mol. The van der Waals surface area contributed by atoms with Gasteiger partial charge >= 0.3 is 0 Å². The van der Waals surface area contributed by atoms with Gasteiger partial charge in [-0.05, 0) is 18.1 Å². The van der Waals surface area contributed by atoms with Crippen LogP contribution >= 0.6 is 0 Å². The number of morpholine rings is 1. The zero-order valence-corrected chi connectivity index (χ0v) is 17.3. The summed E-state index contributed by atoms with van der Waals surface area (Å²) in [6.45, 7) is 4.73. The number of rotatable bonds is 8. The van der Waals surface area contributed by atoms with Gasteiger partial charge in [0, 0.05) is 19.6 Å². The average molecular weight is 408 g/mol. The quantitative estimate of drug-likeness (QED) is 0.704. The maximum absolute atomic E-state index is 13.1.